The Morgan fingerprint density at radius 2 is 1.88 bits per heavy atom. The normalized spacial score (nSPS) is 45.5. The van der Waals surface area contributed by atoms with Gasteiger partial charge in [-0.2, -0.15) is 0 Å². The lowest BCUT2D eigenvalue weighted by molar-refractivity contribution is -0.220. The van der Waals surface area contributed by atoms with Crippen LogP contribution >= 0.6 is 0 Å². The lowest BCUT2D eigenvalue weighted by atomic mass is 9.43. The van der Waals surface area contributed by atoms with E-state index in [0.717, 1.165) is 38.3 Å². The highest BCUT2D eigenvalue weighted by atomic mass is 16.5. The highest BCUT2D eigenvalue weighted by Gasteiger charge is 2.69. The van der Waals surface area contributed by atoms with Crippen molar-refractivity contribution in [3.8, 4) is 0 Å². The molecule has 4 heteroatoms. The summed E-state index contributed by atoms with van der Waals surface area (Å²) in [4.78, 5) is 2.54. The average molecular weight is 456 g/mol. The van der Waals surface area contributed by atoms with Gasteiger partial charge in [-0.25, -0.2) is 0 Å². The third kappa shape index (κ3) is 3.49. The van der Waals surface area contributed by atoms with E-state index < -0.39 is 5.60 Å². The van der Waals surface area contributed by atoms with Crippen molar-refractivity contribution < 1.29 is 14.3 Å². The Labute approximate surface area is 200 Å². The Bertz CT molecular complexity index is 804. The van der Waals surface area contributed by atoms with Gasteiger partial charge in [-0.15, -0.1) is 0 Å². The van der Waals surface area contributed by atoms with Crippen LogP contribution in [0.3, 0.4) is 0 Å². The molecule has 0 amide bonds. The number of nitrogens with zero attached hydrogens (tertiary/aromatic N) is 1. The lowest BCUT2D eigenvalue weighted by Crippen LogP contribution is -2.63. The van der Waals surface area contributed by atoms with E-state index in [1.165, 1.54) is 76.4 Å². The van der Waals surface area contributed by atoms with Gasteiger partial charge in [-0.1, -0.05) is 19.8 Å². The molecule has 0 bridgehead atoms. The van der Waals surface area contributed by atoms with Crippen molar-refractivity contribution >= 4 is 0 Å². The molecule has 4 saturated carbocycles. The van der Waals surface area contributed by atoms with Gasteiger partial charge < -0.3 is 19.2 Å². The molecule has 1 N–H and O–H groups in total. The van der Waals surface area contributed by atoms with Gasteiger partial charge in [0, 0.05) is 12.0 Å². The smallest absolute Gasteiger partial charge is 0.0937 e. The zero-order valence-electron chi connectivity index (χ0n) is 20.8. The molecule has 5 fully saturated rings. The maximum absolute atomic E-state index is 12.7. The molecule has 6 rings (SSSR count). The first-order chi connectivity index (χ1) is 16.1. The quantitative estimate of drug-likeness (QED) is 0.534. The summed E-state index contributed by atoms with van der Waals surface area (Å²) in [5.74, 6) is 2.35. The summed E-state index contributed by atoms with van der Waals surface area (Å²) in [5, 5.41) is 12.7. The van der Waals surface area contributed by atoms with Gasteiger partial charge >= 0.3 is 0 Å². The predicted molar refractivity (Wildman–Crippen MR) is 130 cm³/mol. The Balaban J connectivity index is 1.27. The Kier molecular flexibility index (Phi) is 5.94. The third-order valence-corrected chi connectivity index (χ3v) is 11.5. The molecule has 4 aliphatic carbocycles. The first-order valence-electron chi connectivity index (χ1n) is 14.1. The fraction of sp³-hybridized carbons (Fsp3) is 0.862. The molecule has 1 aromatic heterocycles. The van der Waals surface area contributed by atoms with E-state index in [2.05, 4.69) is 17.9 Å². The summed E-state index contributed by atoms with van der Waals surface area (Å²) in [6.45, 7) is 7.58. The summed E-state index contributed by atoms with van der Waals surface area (Å²) < 4.78 is 12.1. The van der Waals surface area contributed by atoms with Gasteiger partial charge in [0.25, 0.3) is 0 Å². The van der Waals surface area contributed by atoms with Crippen molar-refractivity contribution in [2.45, 2.75) is 95.5 Å². The Morgan fingerprint density at radius 1 is 1.00 bits per heavy atom. The fourth-order valence-corrected chi connectivity index (χ4v) is 9.80. The minimum atomic E-state index is -0.600. The van der Waals surface area contributed by atoms with Gasteiger partial charge in [0.05, 0.1) is 31.3 Å². The fourth-order valence-electron chi connectivity index (χ4n) is 9.80. The topological polar surface area (TPSA) is 45.8 Å². The van der Waals surface area contributed by atoms with Crippen molar-refractivity contribution in [2.24, 2.45) is 28.6 Å². The maximum atomic E-state index is 12.7. The highest BCUT2D eigenvalue weighted by Crippen LogP contribution is 2.70. The zero-order chi connectivity index (χ0) is 22.5. The van der Waals surface area contributed by atoms with Crippen molar-refractivity contribution in [1.82, 2.24) is 4.90 Å². The van der Waals surface area contributed by atoms with Gasteiger partial charge in [0.1, 0.15) is 0 Å². The highest BCUT2D eigenvalue weighted by molar-refractivity contribution is 5.28. The molecule has 7 atom stereocenters. The van der Waals surface area contributed by atoms with Crippen LogP contribution in [0.2, 0.25) is 0 Å². The summed E-state index contributed by atoms with van der Waals surface area (Å²) >= 11 is 0. The summed E-state index contributed by atoms with van der Waals surface area (Å²) in [6, 6.07) is 2.15. The van der Waals surface area contributed by atoms with Crippen LogP contribution in [0.25, 0.3) is 0 Å². The molecule has 0 unspecified atom stereocenters. The van der Waals surface area contributed by atoms with Crippen molar-refractivity contribution in [3.05, 3.63) is 24.2 Å². The second-order valence-corrected chi connectivity index (χ2v) is 12.6. The molecule has 2 heterocycles. The number of aliphatic hydroxyl groups is 1. The molecular formula is C29H45NO3. The summed E-state index contributed by atoms with van der Waals surface area (Å²) in [7, 11) is 0. The second-order valence-electron chi connectivity index (χ2n) is 12.6. The molecule has 1 saturated heterocycles. The third-order valence-electron chi connectivity index (χ3n) is 11.5. The second kappa shape index (κ2) is 8.68. The minimum Gasteiger partial charge on any atom is -0.472 e. The Hall–Kier alpha value is -0.840. The Morgan fingerprint density at radius 3 is 2.70 bits per heavy atom. The van der Waals surface area contributed by atoms with Crippen LogP contribution in [-0.2, 0) is 4.74 Å². The largest absolute Gasteiger partial charge is 0.472 e. The van der Waals surface area contributed by atoms with E-state index in [1.807, 2.05) is 12.5 Å². The van der Waals surface area contributed by atoms with Crippen molar-refractivity contribution in [3.63, 3.8) is 0 Å². The van der Waals surface area contributed by atoms with Gasteiger partial charge in [-0.3, -0.25) is 0 Å². The van der Waals surface area contributed by atoms with Gasteiger partial charge in [0.2, 0.25) is 0 Å². The van der Waals surface area contributed by atoms with Crippen molar-refractivity contribution in [2.75, 3.05) is 32.8 Å². The van der Waals surface area contributed by atoms with Crippen LogP contribution in [0.4, 0.5) is 0 Å². The van der Waals surface area contributed by atoms with E-state index in [1.54, 1.807) is 0 Å². The lowest BCUT2D eigenvalue weighted by Gasteiger charge is -2.63. The monoisotopic (exact) mass is 455 g/mol. The van der Waals surface area contributed by atoms with Crippen molar-refractivity contribution in [1.29, 1.82) is 0 Å². The first kappa shape index (κ1) is 22.6. The van der Waals surface area contributed by atoms with E-state index in [-0.39, 0.29) is 5.41 Å². The van der Waals surface area contributed by atoms with Crippen LogP contribution < -0.4 is 0 Å². The number of hydrogen-bond donors (Lipinski definition) is 1. The SMILES string of the molecule is C[C@]12CCCC[C@H]1CC[C@@H]1[C@@H]2CC[C@]2(COCCN3CCCC3)[C@@H](c3ccoc3)CC[C@]12O. The van der Waals surface area contributed by atoms with Crippen LogP contribution in [0, 0.1) is 28.6 Å². The zero-order valence-corrected chi connectivity index (χ0v) is 20.8. The molecule has 0 spiro atoms. The van der Waals surface area contributed by atoms with Crippen LogP contribution in [0.5, 0.6) is 0 Å². The molecule has 184 valence electrons. The van der Waals surface area contributed by atoms with Crippen LogP contribution in [0.1, 0.15) is 95.5 Å². The summed E-state index contributed by atoms with van der Waals surface area (Å²) in [5.41, 5.74) is 0.954. The number of furan rings is 1. The molecule has 0 radical (unpaired) electrons. The number of fused-ring (bicyclic) bond motifs is 5. The molecule has 0 aromatic carbocycles. The van der Waals surface area contributed by atoms with E-state index in [9.17, 15) is 5.11 Å². The molecular weight excluding hydrogens is 410 g/mol. The van der Waals surface area contributed by atoms with Gasteiger partial charge in [0.15, 0.2) is 0 Å². The summed E-state index contributed by atoms with van der Waals surface area (Å²) in [6.07, 6.45) is 18.9. The van der Waals surface area contributed by atoms with E-state index in [4.69, 9.17) is 9.15 Å². The van der Waals surface area contributed by atoms with Crippen LogP contribution in [0.15, 0.2) is 23.0 Å². The molecule has 4 nitrogen and oxygen atoms in total. The minimum absolute atomic E-state index is 0.166. The standard InChI is InChI=1S/C29H45NO3/c1-27-12-3-2-6-23(27)7-8-26-25(27)9-13-28(21-33-19-17-30-15-4-5-16-30)24(10-14-29(26,28)31)22-11-18-32-20-22/h11,18,20,23-26,31H,2-10,12-17,19,21H2,1H3/t23-,24+,25-,26+,27-,28-,29-/m0/s1. The first-order valence-corrected chi connectivity index (χ1v) is 14.1. The number of likely N-dealkylation sites (tertiary alicyclic amines) is 1. The number of ether oxygens (including phenoxy) is 1. The molecule has 1 aromatic rings. The maximum Gasteiger partial charge on any atom is 0.0937 e. The van der Waals surface area contributed by atoms with Gasteiger partial charge in [-0.05, 0) is 118 Å². The van der Waals surface area contributed by atoms with E-state index in [0.29, 0.717) is 29.8 Å². The molecule has 5 aliphatic rings. The average Bonchev–Trinajstić information content (AvgIpc) is 3.57. The van der Waals surface area contributed by atoms with Crippen LogP contribution in [-0.4, -0.2) is 48.5 Å². The van der Waals surface area contributed by atoms with E-state index >= 15 is 0 Å². The molecule has 33 heavy (non-hydrogen) atoms. The number of hydrogen-bond acceptors (Lipinski definition) is 4. The predicted octanol–water partition coefficient (Wildman–Crippen LogP) is 6.00. The molecule has 1 aliphatic heterocycles. The number of rotatable bonds is 6.